The molecule has 0 aromatic carbocycles. The van der Waals surface area contributed by atoms with Gasteiger partial charge in [0, 0.05) is 0 Å². The van der Waals surface area contributed by atoms with Crippen LogP contribution in [0.1, 0.15) is 41.5 Å². The van der Waals surface area contributed by atoms with Crippen molar-refractivity contribution in [1.29, 1.82) is 0 Å². The Morgan fingerprint density at radius 3 is 1.48 bits per heavy atom. The van der Waals surface area contributed by atoms with Crippen molar-refractivity contribution in [3.05, 3.63) is 12.2 Å². The monoisotopic (exact) mass is 296 g/mol. The molecular weight excluding hydrogens is 272 g/mol. The Hall–Kier alpha value is -1.36. The van der Waals surface area contributed by atoms with Gasteiger partial charge in [-0.25, -0.2) is 0 Å². The minimum absolute atomic E-state index is 0.254. The summed E-state index contributed by atoms with van der Waals surface area (Å²) in [5.41, 5.74) is -4.08. The van der Waals surface area contributed by atoms with Crippen LogP contribution in [0.5, 0.6) is 0 Å². The van der Waals surface area contributed by atoms with Crippen LogP contribution < -0.4 is 0 Å². The summed E-state index contributed by atoms with van der Waals surface area (Å²) in [5.74, 6) is -0.868. The first kappa shape index (κ1) is 16.0. The zero-order chi connectivity index (χ0) is 16.1. The van der Waals surface area contributed by atoms with Gasteiger partial charge in [0.25, 0.3) is 0 Å². The summed E-state index contributed by atoms with van der Waals surface area (Å²) in [6.07, 6.45) is 3.70. The maximum absolute atomic E-state index is 12.7. The number of hydrogen-bond donors (Lipinski definition) is 0. The lowest BCUT2D eigenvalue weighted by Gasteiger charge is -2.46. The van der Waals surface area contributed by atoms with Crippen molar-refractivity contribution in [2.45, 2.75) is 52.7 Å². The minimum Gasteiger partial charge on any atom is -0.465 e. The highest BCUT2D eigenvalue weighted by Gasteiger charge is 2.80. The molecule has 2 bridgehead atoms. The van der Waals surface area contributed by atoms with E-state index in [0.717, 1.165) is 0 Å². The lowest BCUT2D eigenvalue weighted by molar-refractivity contribution is -0.180. The molecule has 2 heterocycles. The first-order valence-electron chi connectivity index (χ1n) is 7.38. The van der Waals surface area contributed by atoms with Gasteiger partial charge in [0.2, 0.25) is 0 Å². The summed E-state index contributed by atoms with van der Waals surface area (Å²) in [6.45, 7) is 11.1. The largest absolute Gasteiger partial charge is 0.465 e. The second-order valence-corrected chi connectivity index (χ2v) is 6.34. The second kappa shape index (κ2) is 4.57. The summed E-state index contributed by atoms with van der Waals surface area (Å²) in [5, 5.41) is 0. The van der Waals surface area contributed by atoms with Crippen LogP contribution in [0, 0.1) is 10.8 Å². The van der Waals surface area contributed by atoms with Crippen molar-refractivity contribution in [2.75, 3.05) is 13.2 Å². The van der Waals surface area contributed by atoms with E-state index in [4.69, 9.17) is 14.2 Å². The first-order chi connectivity index (χ1) is 9.63. The van der Waals surface area contributed by atoms with Gasteiger partial charge < -0.3 is 14.2 Å². The van der Waals surface area contributed by atoms with Crippen LogP contribution in [-0.2, 0) is 23.8 Å². The molecule has 5 heteroatoms. The Labute approximate surface area is 125 Å². The first-order valence-corrected chi connectivity index (χ1v) is 7.38. The fourth-order valence-corrected chi connectivity index (χ4v) is 3.72. The van der Waals surface area contributed by atoms with Crippen LogP contribution >= 0.6 is 0 Å². The molecule has 2 aliphatic rings. The molecule has 0 aromatic heterocycles. The van der Waals surface area contributed by atoms with Gasteiger partial charge in [0.15, 0.2) is 0 Å². The Morgan fingerprint density at radius 2 is 1.19 bits per heavy atom. The van der Waals surface area contributed by atoms with Gasteiger partial charge in [-0.05, 0) is 41.5 Å². The minimum atomic E-state index is -1.15. The molecule has 1 fully saturated rings. The molecule has 0 amide bonds. The van der Waals surface area contributed by atoms with Gasteiger partial charge in [-0.15, -0.1) is 0 Å². The molecule has 0 aliphatic carbocycles. The summed E-state index contributed by atoms with van der Waals surface area (Å²) >= 11 is 0. The van der Waals surface area contributed by atoms with Crippen molar-refractivity contribution >= 4 is 11.9 Å². The van der Waals surface area contributed by atoms with E-state index in [1.54, 1.807) is 27.7 Å². The van der Waals surface area contributed by atoms with Crippen molar-refractivity contribution in [3.8, 4) is 0 Å². The molecule has 0 saturated carbocycles. The predicted octanol–water partition coefficient (Wildman–Crippen LogP) is 2.24. The highest BCUT2D eigenvalue weighted by atomic mass is 16.6. The van der Waals surface area contributed by atoms with E-state index >= 15 is 0 Å². The fraction of sp³-hybridized carbons (Fsp3) is 0.750. The van der Waals surface area contributed by atoms with Crippen LogP contribution in [0.15, 0.2) is 12.2 Å². The predicted molar refractivity (Wildman–Crippen MR) is 76.5 cm³/mol. The van der Waals surface area contributed by atoms with Crippen molar-refractivity contribution in [2.24, 2.45) is 10.8 Å². The number of fused-ring (bicyclic) bond motifs is 2. The normalized spacial score (nSPS) is 43.9. The lowest BCUT2D eigenvalue weighted by Crippen LogP contribution is -2.61. The molecule has 4 unspecified atom stereocenters. The quantitative estimate of drug-likeness (QED) is 0.588. The topological polar surface area (TPSA) is 61.8 Å². The molecule has 1 saturated heterocycles. The molecule has 0 aromatic rings. The van der Waals surface area contributed by atoms with E-state index in [9.17, 15) is 9.59 Å². The number of carbonyl (C=O) groups is 2. The second-order valence-electron chi connectivity index (χ2n) is 6.34. The van der Waals surface area contributed by atoms with Crippen molar-refractivity contribution in [1.82, 2.24) is 0 Å². The Kier molecular flexibility index (Phi) is 3.48. The van der Waals surface area contributed by atoms with E-state index in [0.29, 0.717) is 0 Å². The molecule has 0 spiro atoms. The molecule has 2 aliphatic heterocycles. The Balaban J connectivity index is 2.62. The number of hydrogen-bond acceptors (Lipinski definition) is 5. The lowest BCUT2D eigenvalue weighted by atomic mass is 9.52. The molecular formula is C16H24O5. The average molecular weight is 296 g/mol. The van der Waals surface area contributed by atoms with E-state index in [2.05, 4.69) is 0 Å². The van der Waals surface area contributed by atoms with E-state index in [-0.39, 0.29) is 13.2 Å². The molecule has 2 rings (SSSR count). The summed E-state index contributed by atoms with van der Waals surface area (Å²) in [7, 11) is 0. The van der Waals surface area contributed by atoms with Gasteiger partial charge in [-0.3, -0.25) is 9.59 Å². The summed E-state index contributed by atoms with van der Waals surface area (Å²) in [6, 6.07) is 0. The van der Waals surface area contributed by atoms with Gasteiger partial charge in [-0.2, -0.15) is 0 Å². The third kappa shape index (κ3) is 1.61. The van der Waals surface area contributed by atoms with Gasteiger partial charge in [-0.1, -0.05) is 12.2 Å². The average Bonchev–Trinajstić information content (AvgIpc) is 2.80. The molecule has 0 N–H and O–H groups in total. The third-order valence-electron chi connectivity index (χ3n) is 5.50. The van der Waals surface area contributed by atoms with Crippen molar-refractivity contribution < 1.29 is 23.8 Å². The number of rotatable bonds is 4. The Morgan fingerprint density at radius 1 is 0.857 bits per heavy atom. The number of esters is 2. The standard InChI is InChI=1S/C16H24O5/c1-7-19-11(17)15(5)13(3)9-10-14(4,21-13)16(15,6)12(18)20-8-2/h9-10H,7-8H2,1-6H3. The molecule has 21 heavy (non-hydrogen) atoms. The highest BCUT2D eigenvalue weighted by molar-refractivity contribution is 5.92. The third-order valence-corrected chi connectivity index (χ3v) is 5.50. The smallest absolute Gasteiger partial charge is 0.316 e. The summed E-state index contributed by atoms with van der Waals surface area (Å²) in [4.78, 5) is 25.4. The molecule has 118 valence electrons. The van der Waals surface area contributed by atoms with Gasteiger partial charge >= 0.3 is 11.9 Å². The fourth-order valence-electron chi connectivity index (χ4n) is 3.72. The van der Waals surface area contributed by atoms with Gasteiger partial charge in [0.1, 0.15) is 22.0 Å². The Bertz CT molecular complexity index is 469. The number of carbonyl (C=O) groups excluding carboxylic acids is 2. The highest BCUT2D eigenvalue weighted by Crippen LogP contribution is 2.68. The zero-order valence-electron chi connectivity index (χ0n) is 13.6. The van der Waals surface area contributed by atoms with Crippen molar-refractivity contribution in [3.63, 3.8) is 0 Å². The van der Waals surface area contributed by atoms with Crippen LogP contribution in [0.25, 0.3) is 0 Å². The van der Waals surface area contributed by atoms with Gasteiger partial charge in [0.05, 0.1) is 13.2 Å². The van der Waals surface area contributed by atoms with Crippen LogP contribution in [0.4, 0.5) is 0 Å². The zero-order valence-corrected chi connectivity index (χ0v) is 13.6. The maximum Gasteiger partial charge on any atom is 0.316 e. The number of ether oxygens (including phenoxy) is 3. The van der Waals surface area contributed by atoms with E-state index in [1.165, 1.54) is 0 Å². The SMILES string of the molecule is CCOC(=O)C1(C)C2(C)C=CC(C)(O2)C1(C)C(=O)OCC. The van der Waals surface area contributed by atoms with Crippen LogP contribution in [-0.4, -0.2) is 36.4 Å². The maximum atomic E-state index is 12.7. The summed E-state index contributed by atoms with van der Waals surface area (Å²) < 4.78 is 16.6. The van der Waals surface area contributed by atoms with Crippen LogP contribution in [0.2, 0.25) is 0 Å². The molecule has 5 nitrogen and oxygen atoms in total. The molecule has 0 radical (unpaired) electrons. The van der Waals surface area contributed by atoms with Crippen LogP contribution in [0.3, 0.4) is 0 Å². The molecule has 4 atom stereocenters. The van der Waals surface area contributed by atoms with E-state index in [1.807, 2.05) is 26.0 Å². The van der Waals surface area contributed by atoms with E-state index < -0.39 is 34.0 Å².